The van der Waals surface area contributed by atoms with Gasteiger partial charge in [-0.1, -0.05) is 13.8 Å². The fourth-order valence-electron chi connectivity index (χ4n) is 2.76. The highest BCUT2D eigenvalue weighted by Gasteiger charge is 2.52. The minimum absolute atomic E-state index is 0.0254. The van der Waals surface area contributed by atoms with Gasteiger partial charge in [-0.15, -0.1) is 23.5 Å². The third-order valence-corrected chi connectivity index (χ3v) is 6.17. The zero-order valence-corrected chi connectivity index (χ0v) is 15.5. The summed E-state index contributed by atoms with van der Waals surface area (Å²) in [6, 6.07) is 0. The van der Waals surface area contributed by atoms with E-state index < -0.39 is 11.6 Å². The molecule has 2 aliphatic heterocycles. The molecule has 0 aromatic rings. The highest BCUT2D eigenvalue weighted by atomic mass is 32.2. The largest absolute Gasteiger partial charge is 0.348 e. The monoisotopic (exact) mass is 336 g/mol. The van der Waals surface area contributed by atoms with Crippen molar-refractivity contribution in [2.75, 3.05) is 18.1 Å². The summed E-state index contributed by atoms with van der Waals surface area (Å²) in [6.07, 6.45) is -0.119. The van der Waals surface area contributed by atoms with E-state index in [-0.39, 0.29) is 18.3 Å². The molecule has 0 radical (unpaired) electrons. The van der Waals surface area contributed by atoms with Gasteiger partial charge >= 0.3 is 0 Å². The lowest BCUT2D eigenvalue weighted by Crippen LogP contribution is -2.42. The van der Waals surface area contributed by atoms with Gasteiger partial charge in [-0.25, -0.2) is 0 Å². The molecule has 2 heterocycles. The molecule has 0 unspecified atom stereocenters. The lowest BCUT2D eigenvalue weighted by atomic mass is 10.1. The minimum Gasteiger partial charge on any atom is -0.348 e. The number of ether oxygens (including phenoxy) is 4. The van der Waals surface area contributed by atoms with Crippen LogP contribution in [0.5, 0.6) is 0 Å². The first-order valence-corrected chi connectivity index (χ1v) is 9.78. The topological polar surface area (TPSA) is 36.9 Å². The second kappa shape index (κ2) is 6.97. The molecule has 0 aromatic heterocycles. The van der Waals surface area contributed by atoms with Gasteiger partial charge in [-0.2, -0.15) is 0 Å². The Bertz CT molecular complexity index is 331. The number of hydrogen-bond donors (Lipinski definition) is 0. The van der Waals surface area contributed by atoms with Crippen molar-refractivity contribution in [3.63, 3.8) is 0 Å². The molecular weight excluding hydrogens is 308 g/mol. The lowest BCUT2D eigenvalue weighted by Gasteiger charge is -2.28. The van der Waals surface area contributed by atoms with E-state index in [2.05, 4.69) is 13.8 Å². The molecule has 3 atom stereocenters. The molecule has 2 aliphatic rings. The van der Waals surface area contributed by atoms with Crippen LogP contribution >= 0.6 is 23.5 Å². The van der Waals surface area contributed by atoms with Crippen molar-refractivity contribution in [1.82, 2.24) is 0 Å². The third-order valence-electron chi connectivity index (χ3n) is 3.49. The van der Waals surface area contributed by atoms with Crippen molar-refractivity contribution in [2.45, 2.75) is 76.0 Å². The number of rotatable bonds is 6. The third kappa shape index (κ3) is 4.52. The zero-order valence-electron chi connectivity index (χ0n) is 13.9. The quantitative estimate of drug-likeness (QED) is 0.691. The first kappa shape index (κ1) is 17.9. The van der Waals surface area contributed by atoms with Gasteiger partial charge in [0.1, 0.15) is 18.3 Å². The number of hydrogen-bond acceptors (Lipinski definition) is 6. The van der Waals surface area contributed by atoms with Gasteiger partial charge in [-0.3, -0.25) is 0 Å². The van der Waals surface area contributed by atoms with Crippen molar-refractivity contribution in [2.24, 2.45) is 0 Å². The summed E-state index contributed by atoms with van der Waals surface area (Å²) >= 11 is 3.85. The van der Waals surface area contributed by atoms with Crippen molar-refractivity contribution in [3.8, 4) is 0 Å². The molecule has 4 nitrogen and oxygen atoms in total. The summed E-state index contributed by atoms with van der Waals surface area (Å²) in [5.74, 6) is 1.04. The second-order valence-electron chi connectivity index (χ2n) is 6.21. The molecule has 0 aromatic carbocycles. The Morgan fingerprint density at radius 2 is 1.57 bits per heavy atom. The summed E-state index contributed by atoms with van der Waals surface area (Å²) < 4.78 is 24.5. The highest BCUT2D eigenvalue weighted by Crippen LogP contribution is 2.42. The van der Waals surface area contributed by atoms with Crippen LogP contribution in [0.3, 0.4) is 0 Å². The first-order valence-electron chi connectivity index (χ1n) is 7.68. The van der Waals surface area contributed by atoms with Crippen molar-refractivity contribution in [3.05, 3.63) is 0 Å². The maximum Gasteiger partial charge on any atom is 0.163 e. The van der Waals surface area contributed by atoms with E-state index in [9.17, 15) is 0 Å². The molecule has 0 saturated carbocycles. The van der Waals surface area contributed by atoms with Crippen LogP contribution in [-0.2, 0) is 18.9 Å². The number of thioether (sulfide) groups is 2. The first-order chi connectivity index (χ1) is 9.78. The lowest BCUT2D eigenvalue weighted by molar-refractivity contribution is -0.174. The average molecular weight is 337 g/mol. The Morgan fingerprint density at radius 3 is 2.05 bits per heavy atom. The summed E-state index contributed by atoms with van der Waals surface area (Å²) in [5.41, 5.74) is 0. The molecule has 0 bridgehead atoms. The maximum absolute atomic E-state index is 6.21. The molecular formula is C15H28O4S2. The van der Waals surface area contributed by atoms with Crippen LogP contribution in [0.15, 0.2) is 0 Å². The van der Waals surface area contributed by atoms with Crippen LogP contribution in [0, 0.1) is 0 Å². The fraction of sp³-hybridized carbons (Fsp3) is 1.00. The van der Waals surface area contributed by atoms with Crippen molar-refractivity contribution < 1.29 is 18.9 Å². The molecule has 0 amide bonds. The van der Waals surface area contributed by atoms with Crippen LogP contribution in [-0.4, -0.2) is 52.6 Å². The van der Waals surface area contributed by atoms with Crippen LogP contribution in [0.25, 0.3) is 0 Å². The normalized spacial score (nSPS) is 34.7. The van der Waals surface area contributed by atoms with Crippen LogP contribution in [0.4, 0.5) is 0 Å². The molecule has 0 N–H and O–H groups in total. The van der Waals surface area contributed by atoms with Gasteiger partial charge in [0.05, 0.1) is 11.2 Å². The van der Waals surface area contributed by atoms with Gasteiger partial charge in [0.25, 0.3) is 0 Å². The Kier molecular flexibility index (Phi) is 5.94. The maximum atomic E-state index is 6.21. The summed E-state index contributed by atoms with van der Waals surface area (Å²) in [7, 11) is 0. The van der Waals surface area contributed by atoms with E-state index in [0.717, 1.165) is 11.5 Å². The summed E-state index contributed by atoms with van der Waals surface area (Å²) in [6.45, 7) is 12.8. The molecule has 21 heavy (non-hydrogen) atoms. The van der Waals surface area contributed by atoms with Gasteiger partial charge in [0, 0.05) is 0 Å². The van der Waals surface area contributed by atoms with E-state index in [1.165, 1.54) is 0 Å². The molecule has 2 rings (SSSR count). The molecule has 0 aliphatic carbocycles. The van der Waals surface area contributed by atoms with Crippen LogP contribution < -0.4 is 0 Å². The van der Waals surface area contributed by atoms with Gasteiger partial charge in [0.2, 0.25) is 0 Å². The molecule has 6 heteroatoms. The van der Waals surface area contributed by atoms with E-state index >= 15 is 0 Å². The van der Waals surface area contributed by atoms with Crippen LogP contribution in [0.2, 0.25) is 0 Å². The van der Waals surface area contributed by atoms with E-state index in [4.69, 9.17) is 18.9 Å². The predicted molar refractivity (Wildman–Crippen MR) is 88.8 cm³/mol. The molecule has 2 fully saturated rings. The Balaban J connectivity index is 2.12. The highest BCUT2D eigenvalue weighted by molar-refractivity contribution is 8.17. The molecule has 0 spiro atoms. The Labute approximate surface area is 137 Å². The van der Waals surface area contributed by atoms with E-state index in [0.29, 0.717) is 11.2 Å². The van der Waals surface area contributed by atoms with Gasteiger partial charge < -0.3 is 18.9 Å². The van der Waals surface area contributed by atoms with E-state index in [1.807, 2.05) is 51.2 Å². The summed E-state index contributed by atoms with van der Waals surface area (Å²) in [5, 5.41) is 0. The SMILES string of the molecule is CCSC(SCC)[C@@H]1OC(C)(C)O[C@H]1[C@H]1COC(C)(C)O1. The standard InChI is InChI=1S/C15H28O4S2/c1-7-20-13(21-8-2)12-11(18-15(5,6)19-12)10-9-16-14(3,4)17-10/h10-13H,7-9H2,1-6H3/t10-,11+,12-/m1/s1. The van der Waals surface area contributed by atoms with E-state index in [1.54, 1.807) is 0 Å². The average Bonchev–Trinajstić information content (AvgIpc) is 2.88. The second-order valence-corrected chi connectivity index (χ2v) is 9.35. The minimum atomic E-state index is -0.563. The van der Waals surface area contributed by atoms with Gasteiger partial charge in [-0.05, 0) is 39.2 Å². The summed E-state index contributed by atoms with van der Waals surface area (Å²) in [4.78, 5) is 0. The Morgan fingerprint density at radius 1 is 0.952 bits per heavy atom. The van der Waals surface area contributed by atoms with Crippen molar-refractivity contribution >= 4 is 23.5 Å². The van der Waals surface area contributed by atoms with Crippen LogP contribution in [0.1, 0.15) is 41.5 Å². The van der Waals surface area contributed by atoms with Gasteiger partial charge in [0.15, 0.2) is 11.6 Å². The Hall–Kier alpha value is 0.540. The fourth-order valence-corrected chi connectivity index (χ4v) is 5.42. The predicted octanol–water partition coefficient (Wildman–Crippen LogP) is 3.49. The van der Waals surface area contributed by atoms with Crippen molar-refractivity contribution in [1.29, 1.82) is 0 Å². The molecule has 124 valence electrons. The molecule has 2 saturated heterocycles. The zero-order chi connectivity index (χ0) is 15.7. The smallest absolute Gasteiger partial charge is 0.163 e.